The number of nitrogens with zero attached hydrogens (tertiary/aromatic N) is 1. The Hall–Kier alpha value is -2.57. The first-order valence-electron chi connectivity index (χ1n) is 11.6. The lowest BCUT2D eigenvalue weighted by Gasteiger charge is -2.33. The number of unbranched alkanes of at least 4 members (excludes halogenated alkanes) is 2. The second-order valence-electron chi connectivity index (χ2n) is 9.24. The fraction of sp³-hybridized carbons (Fsp3) is 0.640. The van der Waals surface area contributed by atoms with Crippen LogP contribution in [0.25, 0.3) is 0 Å². The van der Waals surface area contributed by atoms with Crippen LogP contribution in [0.3, 0.4) is 0 Å². The maximum Gasteiger partial charge on any atom is 0.408 e. The van der Waals surface area contributed by atoms with Crippen LogP contribution < -0.4 is 10.6 Å². The monoisotopic (exact) mass is 447 g/mol. The van der Waals surface area contributed by atoms with Gasteiger partial charge in [0.2, 0.25) is 11.8 Å². The molecule has 1 aromatic carbocycles. The van der Waals surface area contributed by atoms with Crippen LogP contribution in [0.2, 0.25) is 0 Å². The molecule has 0 aliphatic heterocycles. The van der Waals surface area contributed by atoms with E-state index in [1.54, 1.807) is 27.7 Å². The highest BCUT2D eigenvalue weighted by Gasteiger charge is 2.33. The van der Waals surface area contributed by atoms with E-state index >= 15 is 0 Å². The number of rotatable bonds is 10. The Kier molecular flexibility index (Phi) is 10.7. The van der Waals surface area contributed by atoms with E-state index in [4.69, 9.17) is 4.74 Å². The highest BCUT2D eigenvalue weighted by atomic mass is 16.6. The van der Waals surface area contributed by atoms with Crippen LogP contribution in [0.15, 0.2) is 18.2 Å². The fourth-order valence-electron chi connectivity index (χ4n) is 3.35. The van der Waals surface area contributed by atoms with Crippen molar-refractivity contribution in [3.8, 4) is 0 Å². The molecule has 2 N–H and O–H groups in total. The minimum atomic E-state index is -0.841. The highest BCUT2D eigenvalue weighted by Crippen LogP contribution is 2.24. The molecule has 0 saturated carbocycles. The van der Waals surface area contributed by atoms with Crippen molar-refractivity contribution in [2.24, 2.45) is 0 Å². The summed E-state index contributed by atoms with van der Waals surface area (Å²) in [6.45, 7) is 15.7. The predicted octanol–water partition coefficient (Wildman–Crippen LogP) is 4.41. The average Bonchev–Trinajstić information content (AvgIpc) is 2.69. The summed E-state index contributed by atoms with van der Waals surface area (Å²) in [5.41, 5.74) is 2.25. The van der Waals surface area contributed by atoms with Gasteiger partial charge in [-0.25, -0.2) is 4.79 Å². The quantitative estimate of drug-likeness (QED) is 0.520. The molecule has 0 aromatic heterocycles. The van der Waals surface area contributed by atoms with Gasteiger partial charge in [0.25, 0.3) is 0 Å². The minimum absolute atomic E-state index is 0.218. The first kappa shape index (κ1) is 27.5. The van der Waals surface area contributed by atoms with Crippen molar-refractivity contribution in [3.05, 3.63) is 34.9 Å². The molecule has 2 unspecified atom stereocenters. The molecule has 0 spiro atoms. The molecule has 0 radical (unpaired) electrons. The van der Waals surface area contributed by atoms with Gasteiger partial charge in [-0.2, -0.15) is 0 Å². The molecule has 3 amide bonds. The van der Waals surface area contributed by atoms with Gasteiger partial charge in [-0.1, -0.05) is 38.0 Å². The van der Waals surface area contributed by atoms with Crippen LogP contribution in [0.5, 0.6) is 0 Å². The number of alkyl carbamates (subject to hydrolysis) is 1. The summed E-state index contributed by atoms with van der Waals surface area (Å²) in [6.07, 6.45) is 2.31. The van der Waals surface area contributed by atoms with E-state index in [1.165, 1.54) is 4.90 Å². The number of amides is 3. The van der Waals surface area contributed by atoms with Gasteiger partial charge < -0.3 is 20.3 Å². The molecule has 1 rings (SSSR count). The molecule has 0 fully saturated rings. The smallest absolute Gasteiger partial charge is 0.408 e. The number of carbonyl (C=O) groups is 3. The largest absolute Gasteiger partial charge is 0.444 e. The lowest BCUT2D eigenvalue weighted by molar-refractivity contribution is -0.141. The van der Waals surface area contributed by atoms with Crippen LogP contribution in [-0.4, -0.2) is 47.5 Å². The summed E-state index contributed by atoms with van der Waals surface area (Å²) >= 11 is 0. The second kappa shape index (κ2) is 12.5. The summed E-state index contributed by atoms with van der Waals surface area (Å²) in [5.74, 6) is -0.561. The third-order valence-corrected chi connectivity index (χ3v) is 5.21. The van der Waals surface area contributed by atoms with Crippen LogP contribution in [-0.2, 0) is 14.3 Å². The number of nitrogens with one attached hydrogen (secondary N) is 2. The number of hydrogen-bond acceptors (Lipinski definition) is 4. The lowest BCUT2D eigenvalue weighted by atomic mass is 9.98. The Balaban J connectivity index is 3.14. The van der Waals surface area contributed by atoms with Crippen LogP contribution in [0.1, 0.15) is 83.5 Å². The van der Waals surface area contributed by atoms with Gasteiger partial charge >= 0.3 is 6.09 Å². The molecule has 1 aromatic rings. The second-order valence-corrected chi connectivity index (χ2v) is 9.24. The summed E-state index contributed by atoms with van der Waals surface area (Å²) < 4.78 is 5.27. The van der Waals surface area contributed by atoms with Crippen LogP contribution in [0, 0.1) is 13.8 Å². The van der Waals surface area contributed by atoms with Crippen molar-refractivity contribution in [2.45, 2.75) is 92.3 Å². The molecule has 7 heteroatoms. The van der Waals surface area contributed by atoms with Crippen LogP contribution in [0.4, 0.5) is 4.79 Å². The van der Waals surface area contributed by atoms with Crippen molar-refractivity contribution >= 4 is 17.9 Å². The number of carbonyl (C=O) groups excluding carboxylic acids is 3. The van der Waals surface area contributed by atoms with E-state index in [-0.39, 0.29) is 11.8 Å². The molecule has 0 saturated heterocycles. The Morgan fingerprint density at radius 1 is 1.06 bits per heavy atom. The third-order valence-electron chi connectivity index (χ3n) is 5.21. The topological polar surface area (TPSA) is 87.7 Å². The third kappa shape index (κ3) is 8.52. The van der Waals surface area contributed by atoms with E-state index in [1.807, 2.05) is 39.0 Å². The van der Waals surface area contributed by atoms with Gasteiger partial charge in [0.1, 0.15) is 17.7 Å². The normalized spacial score (nSPS) is 13.1. The highest BCUT2D eigenvalue weighted by molar-refractivity contribution is 5.92. The molecular weight excluding hydrogens is 406 g/mol. The SMILES string of the molecule is CCCCCNC(=O)C(c1ccc(C)c(C)c1)N(CC)C(=O)C(C)NC(=O)OC(C)(C)C. The molecule has 7 nitrogen and oxygen atoms in total. The van der Waals surface area contributed by atoms with Crippen molar-refractivity contribution in [1.29, 1.82) is 0 Å². The molecule has 0 aliphatic carbocycles. The number of benzene rings is 1. The van der Waals surface area contributed by atoms with Crippen molar-refractivity contribution in [1.82, 2.24) is 15.5 Å². The van der Waals surface area contributed by atoms with Crippen LogP contribution >= 0.6 is 0 Å². The fourth-order valence-corrected chi connectivity index (χ4v) is 3.35. The molecular formula is C25H41N3O4. The van der Waals surface area contributed by atoms with E-state index < -0.39 is 23.8 Å². The summed E-state index contributed by atoms with van der Waals surface area (Å²) in [6, 6.07) is 4.18. The number of aryl methyl sites for hydroxylation is 2. The summed E-state index contributed by atoms with van der Waals surface area (Å²) in [4.78, 5) is 40.2. The lowest BCUT2D eigenvalue weighted by Crippen LogP contribution is -2.52. The maximum absolute atomic E-state index is 13.3. The minimum Gasteiger partial charge on any atom is -0.444 e. The maximum atomic E-state index is 13.3. The van der Waals surface area contributed by atoms with Gasteiger partial charge in [-0.3, -0.25) is 9.59 Å². The Morgan fingerprint density at radius 3 is 2.25 bits per heavy atom. The standard InChI is InChI=1S/C25H41N3O4/c1-9-11-12-15-26-22(29)21(20-14-13-17(3)18(4)16-20)28(10-2)23(30)19(5)27-24(31)32-25(6,7)8/h13-14,16,19,21H,9-12,15H2,1-8H3,(H,26,29)(H,27,31). The van der Waals surface area contributed by atoms with Gasteiger partial charge in [0.05, 0.1) is 0 Å². The molecule has 32 heavy (non-hydrogen) atoms. The first-order chi connectivity index (χ1) is 14.9. The zero-order valence-corrected chi connectivity index (χ0v) is 21.0. The molecule has 0 bridgehead atoms. The van der Waals surface area contributed by atoms with Gasteiger partial charge in [-0.15, -0.1) is 0 Å². The zero-order chi connectivity index (χ0) is 24.5. The average molecular weight is 448 g/mol. The molecule has 2 atom stereocenters. The van der Waals surface area contributed by atoms with E-state index in [9.17, 15) is 14.4 Å². The summed E-state index contributed by atoms with van der Waals surface area (Å²) in [5, 5.41) is 5.58. The van der Waals surface area contributed by atoms with E-state index in [0.29, 0.717) is 13.1 Å². The Bertz CT molecular complexity index is 786. The van der Waals surface area contributed by atoms with Crippen molar-refractivity contribution in [3.63, 3.8) is 0 Å². The molecule has 180 valence electrons. The molecule has 0 aliphatic rings. The predicted molar refractivity (Wildman–Crippen MR) is 127 cm³/mol. The first-order valence-corrected chi connectivity index (χ1v) is 11.6. The van der Waals surface area contributed by atoms with Gasteiger partial charge in [0, 0.05) is 13.1 Å². The van der Waals surface area contributed by atoms with Gasteiger partial charge in [-0.05, 0) is 71.6 Å². The number of hydrogen-bond donors (Lipinski definition) is 2. The van der Waals surface area contributed by atoms with Crippen molar-refractivity contribution in [2.75, 3.05) is 13.1 Å². The Morgan fingerprint density at radius 2 is 1.72 bits per heavy atom. The summed E-state index contributed by atoms with van der Waals surface area (Å²) in [7, 11) is 0. The van der Waals surface area contributed by atoms with Gasteiger partial charge in [0.15, 0.2) is 0 Å². The zero-order valence-electron chi connectivity index (χ0n) is 21.0. The molecule has 0 heterocycles. The number of likely N-dealkylation sites (N-methyl/N-ethyl adjacent to an activating group) is 1. The van der Waals surface area contributed by atoms with E-state index in [2.05, 4.69) is 17.6 Å². The Labute approximate surface area is 193 Å². The van der Waals surface area contributed by atoms with E-state index in [0.717, 1.165) is 36.0 Å². The number of ether oxygens (including phenoxy) is 1. The van der Waals surface area contributed by atoms with Crippen molar-refractivity contribution < 1.29 is 19.1 Å².